The molecule has 96 valence electrons. The average molecular weight is 251 g/mol. The van der Waals surface area contributed by atoms with Crippen molar-refractivity contribution in [3.63, 3.8) is 0 Å². The third-order valence-electron chi connectivity index (χ3n) is 2.09. The van der Waals surface area contributed by atoms with Gasteiger partial charge in [-0.3, -0.25) is 10.1 Å². The van der Waals surface area contributed by atoms with E-state index in [1.807, 2.05) is 5.32 Å². The Morgan fingerprint density at radius 1 is 1.59 bits per heavy atom. The second kappa shape index (κ2) is 5.19. The quantitative estimate of drug-likeness (QED) is 0.500. The first-order valence-electron chi connectivity index (χ1n) is 4.72. The Morgan fingerprint density at radius 3 is 2.65 bits per heavy atom. The number of nitrogens with one attached hydrogen (secondary N) is 2. The minimum Gasteiger partial charge on any atom is -0.377 e. The molecular weight excluding hydrogens is 239 g/mol. The number of aliphatic hydroxyl groups is 1. The Hall–Kier alpha value is -1.54. The van der Waals surface area contributed by atoms with Gasteiger partial charge < -0.3 is 16.2 Å². The number of halogens is 3. The summed E-state index contributed by atoms with van der Waals surface area (Å²) < 4.78 is 35.9. The molecule has 1 aliphatic heterocycles. The van der Waals surface area contributed by atoms with Gasteiger partial charge in [0.2, 0.25) is 6.23 Å². The van der Waals surface area contributed by atoms with Gasteiger partial charge in [0.15, 0.2) is 0 Å². The van der Waals surface area contributed by atoms with Crippen LogP contribution in [-0.2, 0) is 4.79 Å². The lowest BCUT2D eigenvalue weighted by Gasteiger charge is -2.19. The van der Waals surface area contributed by atoms with E-state index in [0.717, 1.165) is 0 Å². The normalized spacial score (nSPS) is 17.9. The highest BCUT2D eigenvalue weighted by molar-refractivity contribution is 5.91. The molecule has 0 radical (unpaired) electrons. The summed E-state index contributed by atoms with van der Waals surface area (Å²) in [6.07, 6.45) is -4.41. The molecule has 0 aromatic heterocycles. The molecule has 17 heavy (non-hydrogen) atoms. The summed E-state index contributed by atoms with van der Waals surface area (Å²) in [5.41, 5.74) is 5.76. The molecule has 0 aliphatic carbocycles. The van der Waals surface area contributed by atoms with E-state index in [0.29, 0.717) is 5.57 Å². The molecule has 0 spiro atoms. The maximum atomic E-state index is 12.0. The van der Waals surface area contributed by atoms with E-state index in [1.54, 1.807) is 0 Å². The number of alkyl halides is 3. The number of carbonyl (C=O) groups excluding carboxylic acids is 1. The summed E-state index contributed by atoms with van der Waals surface area (Å²) in [7, 11) is 0. The van der Waals surface area contributed by atoms with Crippen molar-refractivity contribution in [3.8, 4) is 0 Å². The zero-order chi connectivity index (χ0) is 13.1. The van der Waals surface area contributed by atoms with Crippen LogP contribution in [0.3, 0.4) is 0 Å². The maximum absolute atomic E-state index is 12.0. The van der Waals surface area contributed by atoms with E-state index in [9.17, 15) is 18.0 Å². The molecule has 1 aliphatic rings. The molecule has 5 nitrogen and oxygen atoms in total. The first-order valence-corrected chi connectivity index (χ1v) is 4.72. The fraction of sp³-hybridized carbons (Fsp3) is 0.444. The lowest BCUT2D eigenvalue weighted by Crippen LogP contribution is -2.43. The van der Waals surface area contributed by atoms with E-state index in [-0.39, 0.29) is 18.8 Å². The van der Waals surface area contributed by atoms with Gasteiger partial charge >= 0.3 is 6.18 Å². The maximum Gasteiger partial charge on any atom is 0.427 e. The summed E-state index contributed by atoms with van der Waals surface area (Å²) in [6.45, 7) is 0.0581. The van der Waals surface area contributed by atoms with Crippen molar-refractivity contribution in [1.82, 2.24) is 10.6 Å². The number of carbonyl (C=O) groups is 1. The van der Waals surface area contributed by atoms with Gasteiger partial charge in [0.1, 0.15) is 0 Å². The van der Waals surface area contributed by atoms with Crippen LogP contribution in [0.1, 0.15) is 0 Å². The highest BCUT2D eigenvalue weighted by Gasteiger charge is 2.37. The second-order valence-electron chi connectivity index (χ2n) is 3.45. The number of hydrogen-bond donors (Lipinski definition) is 4. The molecule has 1 atom stereocenters. The van der Waals surface area contributed by atoms with Gasteiger partial charge in [-0.1, -0.05) is 6.08 Å². The topological polar surface area (TPSA) is 87.4 Å². The molecule has 0 fully saturated rings. The fourth-order valence-corrected chi connectivity index (χ4v) is 1.16. The molecular formula is C9H12F3N3O2. The van der Waals surface area contributed by atoms with Crippen molar-refractivity contribution in [2.45, 2.75) is 12.4 Å². The molecule has 0 aromatic carbocycles. The lowest BCUT2D eigenvalue weighted by atomic mass is 10.1. The van der Waals surface area contributed by atoms with E-state index in [2.05, 4.69) is 5.32 Å². The number of amides is 1. The van der Waals surface area contributed by atoms with Crippen LogP contribution in [0.2, 0.25) is 0 Å². The van der Waals surface area contributed by atoms with Gasteiger partial charge in [-0.05, 0) is 11.6 Å². The zero-order valence-corrected chi connectivity index (χ0v) is 8.71. The molecule has 1 unspecified atom stereocenters. The molecule has 1 amide bonds. The van der Waals surface area contributed by atoms with Gasteiger partial charge in [-0.15, -0.1) is 0 Å². The van der Waals surface area contributed by atoms with Gasteiger partial charge in [-0.2, -0.15) is 13.2 Å². The smallest absolute Gasteiger partial charge is 0.377 e. The van der Waals surface area contributed by atoms with Crippen LogP contribution in [0.5, 0.6) is 0 Å². The predicted molar refractivity (Wildman–Crippen MR) is 53.4 cm³/mol. The second-order valence-corrected chi connectivity index (χ2v) is 3.45. The van der Waals surface area contributed by atoms with Gasteiger partial charge in [0, 0.05) is 13.1 Å². The number of dihydropyridines is 1. The van der Waals surface area contributed by atoms with Crippen LogP contribution >= 0.6 is 0 Å². The van der Waals surface area contributed by atoms with Crippen LogP contribution in [0.25, 0.3) is 0 Å². The van der Waals surface area contributed by atoms with Crippen molar-refractivity contribution < 1.29 is 23.1 Å². The lowest BCUT2D eigenvalue weighted by molar-refractivity contribution is -0.212. The molecule has 0 saturated heterocycles. The monoisotopic (exact) mass is 251 g/mol. The van der Waals surface area contributed by atoms with Crippen molar-refractivity contribution in [2.24, 2.45) is 5.73 Å². The minimum atomic E-state index is -4.70. The van der Waals surface area contributed by atoms with Gasteiger partial charge in [0.05, 0.1) is 5.70 Å². The molecule has 0 aromatic rings. The molecule has 1 heterocycles. The SMILES string of the molecule is NC(=O)C1=CC=C(CNC(O)C(F)(F)F)CN1. The molecule has 1 rings (SSSR count). The third kappa shape index (κ3) is 4.08. The Balaban J connectivity index is 2.48. The van der Waals surface area contributed by atoms with Crippen LogP contribution < -0.4 is 16.4 Å². The summed E-state index contributed by atoms with van der Waals surface area (Å²) in [5, 5.41) is 13.2. The van der Waals surface area contributed by atoms with Crippen LogP contribution in [0, 0.1) is 0 Å². The Morgan fingerprint density at radius 2 is 2.24 bits per heavy atom. The number of hydrogen-bond acceptors (Lipinski definition) is 4. The van der Waals surface area contributed by atoms with Crippen molar-refractivity contribution >= 4 is 5.91 Å². The van der Waals surface area contributed by atoms with Crippen LogP contribution in [-0.4, -0.2) is 36.5 Å². The molecule has 0 saturated carbocycles. The fourth-order valence-electron chi connectivity index (χ4n) is 1.16. The minimum absolute atomic E-state index is 0.143. The van der Waals surface area contributed by atoms with Crippen molar-refractivity contribution in [1.29, 1.82) is 0 Å². The van der Waals surface area contributed by atoms with Gasteiger partial charge in [-0.25, -0.2) is 0 Å². The number of allylic oxidation sites excluding steroid dienone is 2. The van der Waals surface area contributed by atoms with E-state index in [4.69, 9.17) is 10.8 Å². The number of nitrogens with two attached hydrogens (primary N) is 1. The third-order valence-corrected chi connectivity index (χ3v) is 2.09. The Labute approximate surface area is 95.2 Å². The summed E-state index contributed by atoms with van der Waals surface area (Å²) in [4.78, 5) is 10.7. The summed E-state index contributed by atoms with van der Waals surface area (Å²) >= 11 is 0. The van der Waals surface area contributed by atoms with E-state index < -0.39 is 18.3 Å². The first kappa shape index (κ1) is 13.5. The Kier molecular flexibility index (Phi) is 4.13. The number of rotatable bonds is 4. The molecule has 5 N–H and O–H groups in total. The highest BCUT2D eigenvalue weighted by Crippen LogP contribution is 2.18. The van der Waals surface area contributed by atoms with Gasteiger partial charge in [0.25, 0.3) is 5.91 Å². The largest absolute Gasteiger partial charge is 0.427 e. The average Bonchev–Trinajstić information content (AvgIpc) is 2.25. The van der Waals surface area contributed by atoms with E-state index in [1.165, 1.54) is 12.2 Å². The number of primary amides is 1. The van der Waals surface area contributed by atoms with Crippen molar-refractivity contribution in [3.05, 3.63) is 23.4 Å². The predicted octanol–water partition coefficient (Wildman–Crippen LogP) is -0.645. The van der Waals surface area contributed by atoms with Crippen molar-refractivity contribution in [2.75, 3.05) is 13.1 Å². The Bertz CT molecular complexity index is 363. The molecule has 8 heteroatoms. The summed E-state index contributed by atoms with van der Waals surface area (Å²) in [6, 6.07) is 0. The van der Waals surface area contributed by atoms with Crippen LogP contribution in [0.4, 0.5) is 13.2 Å². The first-order chi connectivity index (χ1) is 7.80. The number of aliphatic hydroxyl groups excluding tert-OH is 1. The molecule has 0 bridgehead atoms. The van der Waals surface area contributed by atoms with E-state index >= 15 is 0 Å². The van der Waals surface area contributed by atoms with Crippen LogP contribution in [0.15, 0.2) is 23.4 Å². The zero-order valence-electron chi connectivity index (χ0n) is 8.71. The standard InChI is InChI=1S/C9H12F3N3O2/c10-9(11,12)8(17)15-4-5-1-2-6(7(13)16)14-3-5/h1-2,8,14-15,17H,3-4H2,(H2,13,16). The summed E-state index contributed by atoms with van der Waals surface area (Å²) in [5.74, 6) is -0.636. The highest BCUT2D eigenvalue weighted by atomic mass is 19.4.